The van der Waals surface area contributed by atoms with Gasteiger partial charge in [-0.3, -0.25) is 0 Å². The van der Waals surface area contributed by atoms with Crippen molar-refractivity contribution in [1.82, 2.24) is 9.97 Å². The molecule has 0 aliphatic carbocycles. The van der Waals surface area contributed by atoms with E-state index in [0.717, 1.165) is 25.9 Å². The van der Waals surface area contributed by atoms with Gasteiger partial charge in [0.1, 0.15) is 10.7 Å². The number of hydrogen-bond acceptors (Lipinski definition) is 6. The maximum absolute atomic E-state index is 12.6. The van der Waals surface area contributed by atoms with Crippen LogP contribution in [0.25, 0.3) is 0 Å². The summed E-state index contributed by atoms with van der Waals surface area (Å²) in [5, 5.41) is 0. The highest BCUT2D eigenvalue weighted by Gasteiger charge is 2.22. The molecule has 1 heterocycles. The zero-order valence-corrected chi connectivity index (χ0v) is 14.3. The van der Waals surface area contributed by atoms with Crippen LogP contribution in [0.15, 0.2) is 46.3 Å². The molecular formula is C16H22N4O2S. The van der Waals surface area contributed by atoms with Gasteiger partial charge in [0.2, 0.25) is 15.8 Å². The van der Waals surface area contributed by atoms with Crippen LogP contribution >= 0.6 is 0 Å². The predicted octanol–water partition coefficient (Wildman–Crippen LogP) is 2.52. The summed E-state index contributed by atoms with van der Waals surface area (Å²) in [6.45, 7) is 5.67. The quantitative estimate of drug-likeness (QED) is 0.837. The summed E-state index contributed by atoms with van der Waals surface area (Å²) in [4.78, 5) is 10.5. The largest absolute Gasteiger partial charge is 0.382 e. The van der Waals surface area contributed by atoms with Crippen LogP contribution in [0.5, 0.6) is 0 Å². The third-order valence-electron chi connectivity index (χ3n) is 3.56. The molecule has 0 unspecified atom stereocenters. The van der Waals surface area contributed by atoms with E-state index in [1.54, 1.807) is 18.2 Å². The second kappa shape index (κ2) is 7.41. The number of anilines is 2. The van der Waals surface area contributed by atoms with Crippen molar-refractivity contribution in [3.63, 3.8) is 0 Å². The zero-order chi connectivity index (χ0) is 16.9. The molecule has 1 aromatic carbocycles. The first kappa shape index (κ1) is 17.2. The molecule has 7 heteroatoms. The minimum Gasteiger partial charge on any atom is -0.382 e. The monoisotopic (exact) mass is 334 g/mol. The first-order valence-electron chi connectivity index (χ1n) is 7.68. The molecule has 2 rings (SSSR count). The van der Waals surface area contributed by atoms with Crippen LogP contribution in [0.3, 0.4) is 0 Å². The van der Waals surface area contributed by atoms with Gasteiger partial charge in [-0.05, 0) is 25.5 Å². The summed E-state index contributed by atoms with van der Waals surface area (Å²) in [5.74, 6) is 0.444. The normalized spacial score (nSPS) is 11.4. The van der Waals surface area contributed by atoms with Crippen molar-refractivity contribution in [3.8, 4) is 0 Å². The third-order valence-corrected chi connectivity index (χ3v) is 5.35. The van der Waals surface area contributed by atoms with E-state index in [0.29, 0.717) is 5.95 Å². The Hall–Kier alpha value is -2.15. The molecule has 0 fully saturated rings. The molecule has 6 nitrogen and oxygen atoms in total. The molecule has 2 N–H and O–H groups in total. The number of sulfone groups is 1. The second-order valence-corrected chi connectivity index (χ2v) is 7.09. The summed E-state index contributed by atoms with van der Waals surface area (Å²) in [6, 6.07) is 8.16. The van der Waals surface area contributed by atoms with Crippen LogP contribution in [-0.4, -0.2) is 31.5 Å². The summed E-state index contributed by atoms with van der Waals surface area (Å²) in [7, 11) is -3.70. The smallest absolute Gasteiger partial charge is 0.227 e. The van der Waals surface area contributed by atoms with E-state index < -0.39 is 9.84 Å². The van der Waals surface area contributed by atoms with Crippen LogP contribution in [0.1, 0.15) is 26.7 Å². The van der Waals surface area contributed by atoms with Crippen molar-refractivity contribution >= 4 is 21.6 Å². The number of aromatic nitrogens is 2. The van der Waals surface area contributed by atoms with E-state index in [9.17, 15) is 8.42 Å². The standard InChI is InChI=1S/C16H22N4O2S/c1-3-5-11-20(4-2)16-18-12-14(15(17)19-16)23(21,22)13-9-7-6-8-10-13/h6-10,12H,3-5,11H2,1-2H3,(H2,17,18,19). The van der Waals surface area contributed by atoms with E-state index in [4.69, 9.17) is 5.73 Å². The van der Waals surface area contributed by atoms with Crippen LogP contribution in [-0.2, 0) is 9.84 Å². The number of benzene rings is 1. The fourth-order valence-corrected chi connectivity index (χ4v) is 3.49. The van der Waals surface area contributed by atoms with Gasteiger partial charge >= 0.3 is 0 Å². The van der Waals surface area contributed by atoms with Crippen LogP contribution < -0.4 is 10.6 Å². The topological polar surface area (TPSA) is 89.2 Å². The second-order valence-electron chi connectivity index (χ2n) is 5.17. The summed E-state index contributed by atoms with van der Waals surface area (Å²) < 4.78 is 25.2. The van der Waals surface area contributed by atoms with Crippen molar-refractivity contribution in [3.05, 3.63) is 36.5 Å². The first-order valence-corrected chi connectivity index (χ1v) is 9.16. The molecule has 0 aliphatic rings. The molecule has 2 aromatic rings. The van der Waals surface area contributed by atoms with Gasteiger partial charge < -0.3 is 10.6 Å². The lowest BCUT2D eigenvalue weighted by molar-refractivity contribution is 0.595. The Kier molecular flexibility index (Phi) is 5.54. The number of hydrogen-bond donors (Lipinski definition) is 1. The fraction of sp³-hybridized carbons (Fsp3) is 0.375. The maximum Gasteiger partial charge on any atom is 0.227 e. The molecule has 124 valence electrons. The molecule has 0 bridgehead atoms. The SMILES string of the molecule is CCCCN(CC)c1ncc(S(=O)(=O)c2ccccc2)c(N)n1. The highest BCUT2D eigenvalue weighted by Crippen LogP contribution is 2.25. The van der Waals surface area contributed by atoms with Gasteiger partial charge in [0.05, 0.1) is 11.1 Å². The van der Waals surface area contributed by atoms with E-state index in [2.05, 4.69) is 16.9 Å². The van der Waals surface area contributed by atoms with Crippen molar-refractivity contribution in [2.24, 2.45) is 0 Å². The number of rotatable bonds is 7. The van der Waals surface area contributed by atoms with E-state index in [-0.39, 0.29) is 15.6 Å². The Balaban J connectivity index is 2.36. The number of nitrogen functional groups attached to an aromatic ring is 1. The lowest BCUT2D eigenvalue weighted by Crippen LogP contribution is -2.26. The zero-order valence-electron chi connectivity index (χ0n) is 13.4. The Bertz CT molecular complexity index is 748. The summed E-state index contributed by atoms with van der Waals surface area (Å²) >= 11 is 0. The van der Waals surface area contributed by atoms with Gasteiger partial charge in [-0.2, -0.15) is 4.98 Å². The number of nitrogens with two attached hydrogens (primary N) is 1. The molecule has 0 atom stereocenters. The van der Waals surface area contributed by atoms with E-state index >= 15 is 0 Å². The number of nitrogens with zero attached hydrogens (tertiary/aromatic N) is 3. The molecule has 0 saturated heterocycles. The van der Waals surface area contributed by atoms with Gasteiger partial charge in [0.25, 0.3) is 0 Å². The van der Waals surface area contributed by atoms with E-state index in [1.807, 2.05) is 11.8 Å². The fourth-order valence-electron chi connectivity index (χ4n) is 2.21. The molecule has 0 aliphatic heterocycles. The molecule has 0 saturated carbocycles. The highest BCUT2D eigenvalue weighted by atomic mass is 32.2. The minimum absolute atomic E-state index is 0.0196. The van der Waals surface area contributed by atoms with Crippen molar-refractivity contribution in [2.75, 3.05) is 23.7 Å². The van der Waals surface area contributed by atoms with Gasteiger partial charge in [0.15, 0.2) is 0 Å². The molecule has 0 amide bonds. The van der Waals surface area contributed by atoms with Crippen molar-refractivity contribution < 1.29 is 8.42 Å². The van der Waals surface area contributed by atoms with Crippen molar-refractivity contribution in [1.29, 1.82) is 0 Å². The Morgan fingerprint density at radius 2 is 1.87 bits per heavy atom. The van der Waals surface area contributed by atoms with Gasteiger partial charge in [0, 0.05) is 13.1 Å². The van der Waals surface area contributed by atoms with Crippen LogP contribution in [0, 0.1) is 0 Å². The predicted molar refractivity (Wildman–Crippen MR) is 91.1 cm³/mol. The summed E-state index contributed by atoms with van der Waals surface area (Å²) in [6.07, 6.45) is 3.38. The average molecular weight is 334 g/mol. The van der Waals surface area contributed by atoms with Gasteiger partial charge in [-0.1, -0.05) is 31.5 Å². The van der Waals surface area contributed by atoms with Crippen LogP contribution in [0.4, 0.5) is 11.8 Å². The van der Waals surface area contributed by atoms with E-state index in [1.165, 1.54) is 18.3 Å². The lowest BCUT2D eigenvalue weighted by Gasteiger charge is -2.21. The highest BCUT2D eigenvalue weighted by molar-refractivity contribution is 7.91. The van der Waals surface area contributed by atoms with Crippen LogP contribution in [0.2, 0.25) is 0 Å². The molecule has 0 spiro atoms. The van der Waals surface area contributed by atoms with Gasteiger partial charge in [-0.25, -0.2) is 13.4 Å². The summed E-state index contributed by atoms with van der Waals surface area (Å²) in [5.41, 5.74) is 5.91. The minimum atomic E-state index is -3.70. The third kappa shape index (κ3) is 3.79. The maximum atomic E-state index is 12.6. The molecule has 0 radical (unpaired) electrons. The number of unbranched alkanes of at least 4 members (excludes halogenated alkanes) is 1. The Morgan fingerprint density at radius 1 is 1.17 bits per heavy atom. The molecular weight excluding hydrogens is 312 g/mol. The lowest BCUT2D eigenvalue weighted by atomic mass is 10.3. The Morgan fingerprint density at radius 3 is 2.43 bits per heavy atom. The molecule has 1 aromatic heterocycles. The Labute approximate surface area is 137 Å². The average Bonchev–Trinajstić information content (AvgIpc) is 2.56. The van der Waals surface area contributed by atoms with Gasteiger partial charge in [-0.15, -0.1) is 0 Å². The molecule has 23 heavy (non-hydrogen) atoms. The van der Waals surface area contributed by atoms with Crippen molar-refractivity contribution in [2.45, 2.75) is 36.5 Å². The first-order chi connectivity index (χ1) is 11.0.